The van der Waals surface area contributed by atoms with Crippen molar-refractivity contribution in [2.24, 2.45) is 17.8 Å². The first-order valence-electron chi connectivity index (χ1n) is 4.38. The van der Waals surface area contributed by atoms with Crippen LogP contribution in [0.3, 0.4) is 0 Å². The van der Waals surface area contributed by atoms with E-state index in [1.54, 1.807) is 19.3 Å². The van der Waals surface area contributed by atoms with Gasteiger partial charge in [-0.1, -0.05) is 32.6 Å². The minimum Gasteiger partial charge on any atom is -0.0622 e. The molecule has 0 aromatic heterocycles. The van der Waals surface area contributed by atoms with E-state index in [1.807, 2.05) is 0 Å². The summed E-state index contributed by atoms with van der Waals surface area (Å²) in [7, 11) is 0. The van der Waals surface area contributed by atoms with Crippen LogP contribution in [0.15, 0.2) is 0 Å². The molecule has 52 valence electrons. The molecule has 2 atom stereocenters. The van der Waals surface area contributed by atoms with Crippen LogP contribution >= 0.6 is 0 Å². The normalized spacial score (nSPS) is 43.7. The van der Waals surface area contributed by atoms with Gasteiger partial charge in [-0.2, -0.15) is 0 Å². The Morgan fingerprint density at radius 1 is 1.00 bits per heavy atom. The summed E-state index contributed by atoms with van der Waals surface area (Å²) >= 11 is 0. The molecule has 0 radical (unpaired) electrons. The molecule has 0 aromatic carbocycles. The van der Waals surface area contributed by atoms with Crippen LogP contribution in [-0.4, -0.2) is 0 Å². The fourth-order valence-electron chi connectivity index (χ4n) is 2.26. The first kappa shape index (κ1) is 5.76. The molecule has 0 aliphatic heterocycles. The zero-order valence-electron chi connectivity index (χ0n) is 6.27. The van der Waals surface area contributed by atoms with Gasteiger partial charge in [0.15, 0.2) is 0 Å². The third-order valence-corrected chi connectivity index (χ3v) is 3.44. The van der Waals surface area contributed by atoms with Crippen LogP contribution in [0.4, 0.5) is 0 Å². The van der Waals surface area contributed by atoms with Crippen molar-refractivity contribution in [2.45, 2.75) is 39.0 Å². The highest BCUT2D eigenvalue weighted by Gasteiger charge is 2.36. The molecule has 2 rings (SSSR count). The summed E-state index contributed by atoms with van der Waals surface area (Å²) in [6.45, 7) is 2.42. The van der Waals surface area contributed by atoms with Gasteiger partial charge >= 0.3 is 0 Å². The van der Waals surface area contributed by atoms with Crippen LogP contribution in [0, 0.1) is 17.8 Å². The van der Waals surface area contributed by atoms with Gasteiger partial charge in [-0.05, 0) is 24.2 Å². The van der Waals surface area contributed by atoms with E-state index in [0.717, 1.165) is 17.8 Å². The van der Waals surface area contributed by atoms with E-state index in [1.165, 1.54) is 12.8 Å². The van der Waals surface area contributed by atoms with E-state index in [2.05, 4.69) is 6.92 Å². The Morgan fingerprint density at radius 3 is 1.89 bits per heavy atom. The Bertz CT molecular complexity index is 103. The highest BCUT2D eigenvalue weighted by molar-refractivity contribution is 4.86. The molecule has 2 aliphatic carbocycles. The smallest absolute Gasteiger partial charge is 0.0360 e. The van der Waals surface area contributed by atoms with Gasteiger partial charge < -0.3 is 0 Å². The average Bonchev–Trinajstić information content (AvgIpc) is 1.74. The van der Waals surface area contributed by atoms with Crippen LogP contribution in [0.5, 0.6) is 0 Å². The molecule has 0 bridgehead atoms. The van der Waals surface area contributed by atoms with Crippen LogP contribution in [-0.2, 0) is 0 Å². The molecule has 0 heteroatoms. The van der Waals surface area contributed by atoms with Crippen molar-refractivity contribution in [3.8, 4) is 0 Å². The summed E-state index contributed by atoms with van der Waals surface area (Å²) in [5, 5.41) is 0. The summed E-state index contributed by atoms with van der Waals surface area (Å²) in [6.07, 6.45) is 7.69. The second-order valence-corrected chi connectivity index (χ2v) is 3.91. The molecule has 0 nitrogen and oxygen atoms in total. The quantitative estimate of drug-likeness (QED) is 0.504. The van der Waals surface area contributed by atoms with Gasteiger partial charge in [0.2, 0.25) is 0 Å². The molecular weight excluding hydrogens is 108 g/mol. The lowest BCUT2D eigenvalue weighted by Crippen LogP contribution is -2.34. The van der Waals surface area contributed by atoms with E-state index in [0.29, 0.717) is 0 Å². The van der Waals surface area contributed by atoms with Gasteiger partial charge in [0.1, 0.15) is 0 Å². The number of hydrogen-bond donors (Lipinski definition) is 0. The maximum atomic E-state index is 2.42. The minimum atomic E-state index is 1.08. The first-order valence-corrected chi connectivity index (χ1v) is 4.38. The molecule has 0 spiro atoms. The topological polar surface area (TPSA) is 0 Å². The second kappa shape index (κ2) is 2.00. The van der Waals surface area contributed by atoms with E-state index >= 15 is 0 Å². The summed E-state index contributed by atoms with van der Waals surface area (Å²) in [6, 6.07) is 0. The molecule has 0 aromatic rings. The Labute approximate surface area is 57.6 Å². The van der Waals surface area contributed by atoms with E-state index in [-0.39, 0.29) is 0 Å². The second-order valence-electron chi connectivity index (χ2n) is 3.91. The fraction of sp³-hybridized carbons (Fsp3) is 1.00. The molecule has 2 fully saturated rings. The number of rotatable bonds is 1. The van der Waals surface area contributed by atoms with Gasteiger partial charge in [0, 0.05) is 0 Å². The minimum absolute atomic E-state index is 1.08. The van der Waals surface area contributed by atoms with Crippen molar-refractivity contribution in [1.29, 1.82) is 0 Å². The maximum absolute atomic E-state index is 2.42. The van der Waals surface area contributed by atoms with E-state index in [9.17, 15) is 0 Å². The van der Waals surface area contributed by atoms with Crippen molar-refractivity contribution < 1.29 is 0 Å². The molecule has 9 heavy (non-hydrogen) atoms. The van der Waals surface area contributed by atoms with Crippen molar-refractivity contribution in [2.75, 3.05) is 0 Å². The third kappa shape index (κ3) is 0.798. The van der Waals surface area contributed by atoms with Crippen molar-refractivity contribution in [1.82, 2.24) is 0 Å². The first-order chi connectivity index (χ1) is 4.38. The average molecular weight is 124 g/mol. The Balaban J connectivity index is 1.83. The predicted octanol–water partition coefficient (Wildman–Crippen LogP) is 2.83. The van der Waals surface area contributed by atoms with E-state index < -0.39 is 0 Å². The van der Waals surface area contributed by atoms with Crippen LogP contribution in [0.2, 0.25) is 0 Å². The summed E-state index contributed by atoms with van der Waals surface area (Å²) in [4.78, 5) is 0. The molecule has 0 saturated heterocycles. The summed E-state index contributed by atoms with van der Waals surface area (Å²) in [5.74, 6) is 3.39. The van der Waals surface area contributed by atoms with Crippen molar-refractivity contribution >= 4 is 0 Å². The Kier molecular flexibility index (Phi) is 1.28. The van der Waals surface area contributed by atoms with Gasteiger partial charge in [-0.15, -0.1) is 0 Å². The Morgan fingerprint density at radius 2 is 1.78 bits per heavy atom. The SMILES string of the molecule is CC1CC[C@H]1C1CCC1. The van der Waals surface area contributed by atoms with Gasteiger partial charge in [0.05, 0.1) is 0 Å². The molecule has 0 heterocycles. The van der Waals surface area contributed by atoms with Crippen molar-refractivity contribution in [3.05, 3.63) is 0 Å². The molecule has 2 aliphatic rings. The summed E-state index contributed by atoms with van der Waals surface area (Å²) < 4.78 is 0. The molecular formula is C9H16. The lowest BCUT2D eigenvalue weighted by Gasteiger charge is -2.44. The molecule has 0 amide bonds. The fourth-order valence-corrected chi connectivity index (χ4v) is 2.26. The molecule has 1 unspecified atom stereocenters. The molecule has 2 saturated carbocycles. The van der Waals surface area contributed by atoms with Gasteiger partial charge in [-0.25, -0.2) is 0 Å². The zero-order chi connectivity index (χ0) is 6.27. The van der Waals surface area contributed by atoms with Crippen molar-refractivity contribution in [3.63, 3.8) is 0 Å². The summed E-state index contributed by atoms with van der Waals surface area (Å²) in [5.41, 5.74) is 0. The Hall–Kier alpha value is 0. The largest absolute Gasteiger partial charge is 0.0622 e. The van der Waals surface area contributed by atoms with Gasteiger partial charge in [-0.3, -0.25) is 0 Å². The monoisotopic (exact) mass is 124 g/mol. The standard InChI is InChI=1S/C9H16/c1-7-5-6-9(7)8-3-2-4-8/h7-9H,2-6H2,1H3/t7?,9-/m1/s1. The zero-order valence-corrected chi connectivity index (χ0v) is 6.27. The third-order valence-electron chi connectivity index (χ3n) is 3.44. The van der Waals surface area contributed by atoms with Gasteiger partial charge in [0.25, 0.3) is 0 Å². The lowest BCUT2D eigenvalue weighted by molar-refractivity contribution is 0.0674. The maximum Gasteiger partial charge on any atom is -0.0360 e. The predicted molar refractivity (Wildman–Crippen MR) is 39.2 cm³/mol. The highest BCUT2D eigenvalue weighted by atomic mass is 14.4. The van der Waals surface area contributed by atoms with Crippen LogP contribution in [0.1, 0.15) is 39.0 Å². The number of hydrogen-bond acceptors (Lipinski definition) is 0. The van der Waals surface area contributed by atoms with Crippen LogP contribution in [0.25, 0.3) is 0 Å². The van der Waals surface area contributed by atoms with Crippen LogP contribution < -0.4 is 0 Å². The lowest BCUT2D eigenvalue weighted by atomic mass is 9.62. The highest BCUT2D eigenvalue weighted by Crippen LogP contribution is 2.47. The molecule has 0 N–H and O–H groups in total. The van der Waals surface area contributed by atoms with E-state index in [4.69, 9.17) is 0 Å².